The van der Waals surface area contributed by atoms with Gasteiger partial charge in [-0.3, -0.25) is 9.69 Å². The lowest BCUT2D eigenvalue weighted by Crippen LogP contribution is -2.50. The minimum Gasteiger partial charge on any atom is -0.508 e. The van der Waals surface area contributed by atoms with E-state index < -0.39 is 11.5 Å². The minimum atomic E-state index is -1.20. The largest absolute Gasteiger partial charge is 0.508 e. The van der Waals surface area contributed by atoms with Gasteiger partial charge in [0.1, 0.15) is 17.0 Å². The van der Waals surface area contributed by atoms with Crippen LogP contribution in [0.3, 0.4) is 0 Å². The highest BCUT2D eigenvalue weighted by Crippen LogP contribution is 2.27. The molecule has 18 heavy (non-hydrogen) atoms. The zero-order valence-corrected chi connectivity index (χ0v) is 9.83. The van der Waals surface area contributed by atoms with Crippen LogP contribution in [0.4, 0.5) is 0 Å². The predicted molar refractivity (Wildman–Crippen MR) is 64.2 cm³/mol. The van der Waals surface area contributed by atoms with Gasteiger partial charge in [0.25, 0.3) is 0 Å². The van der Waals surface area contributed by atoms with E-state index in [1.54, 1.807) is 6.07 Å². The molecule has 1 saturated heterocycles. The van der Waals surface area contributed by atoms with E-state index in [0.29, 0.717) is 25.1 Å². The fourth-order valence-corrected chi connectivity index (χ4v) is 2.15. The summed E-state index contributed by atoms with van der Waals surface area (Å²) in [6, 6.07) is 4.36. The van der Waals surface area contributed by atoms with Crippen LogP contribution in [-0.2, 0) is 11.3 Å². The lowest BCUT2D eigenvalue weighted by molar-refractivity contribution is -0.142. The summed E-state index contributed by atoms with van der Waals surface area (Å²) in [6.07, 6.45) is 0.390. The first-order valence-corrected chi connectivity index (χ1v) is 5.66. The van der Waals surface area contributed by atoms with Crippen LogP contribution in [0.1, 0.15) is 12.0 Å². The molecular formula is C12H16N2O4. The molecule has 98 valence electrons. The number of benzene rings is 1. The smallest absolute Gasteiger partial charge is 0.325 e. The summed E-state index contributed by atoms with van der Waals surface area (Å²) >= 11 is 0. The average Bonchev–Trinajstić information content (AvgIpc) is 2.66. The third-order valence-electron chi connectivity index (χ3n) is 3.27. The molecule has 1 atom stereocenters. The second-order valence-corrected chi connectivity index (χ2v) is 4.73. The number of hydrogen-bond donors (Lipinski definition) is 4. The number of likely N-dealkylation sites (tertiary alicyclic amines) is 1. The van der Waals surface area contributed by atoms with Crippen molar-refractivity contribution in [2.24, 2.45) is 5.73 Å². The number of phenolic OH excluding ortho intramolecular Hbond substituents is 2. The number of phenols is 2. The monoisotopic (exact) mass is 252 g/mol. The van der Waals surface area contributed by atoms with E-state index in [-0.39, 0.29) is 18.0 Å². The molecule has 5 N–H and O–H groups in total. The van der Waals surface area contributed by atoms with Crippen molar-refractivity contribution in [1.29, 1.82) is 0 Å². The van der Waals surface area contributed by atoms with Crippen LogP contribution in [0, 0.1) is 0 Å². The van der Waals surface area contributed by atoms with E-state index in [2.05, 4.69) is 0 Å². The molecule has 2 rings (SSSR count). The molecule has 0 bridgehead atoms. The zero-order valence-electron chi connectivity index (χ0n) is 9.83. The lowest BCUT2D eigenvalue weighted by Gasteiger charge is -2.20. The Kier molecular flexibility index (Phi) is 3.14. The van der Waals surface area contributed by atoms with Gasteiger partial charge in [0.05, 0.1) is 0 Å². The van der Waals surface area contributed by atoms with Gasteiger partial charge in [-0.15, -0.1) is 0 Å². The van der Waals surface area contributed by atoms with Crippen LogP contribution in [0.25, 0.3) is 0 Å². The summed E-state index contributed by atoms with van der Waals surface area (Å²) < 4.78 is 0. The van der Waals surface area contributed by atoms with Gasteiger partial charge in [-0.1, -0.05) is 6.07 Å². The van der Waals surface area contributed by atoms with Crippen LogP contribution >= 0.6 is 0 Å². The van der Waals surface area contributed by atoms with E-state index in [4.69, 9.17) is 10.8 Å². The molecule has 0 radical (unpaired) electrons. The van der Waals surface area contributed by atoms with Crippen molar-refractivity contribution in [2.75, 3.05) is 13.1 Å². The van der Waals surface area contributed by atoms with Crippen molar-refractivity contribution in [3.63, 3.8) is 0 Å². The third-order valence-corrected chi connectivity index (χ3v) is 3.27. The molecule has 1 aliphatic rings. The predicted octanol–water partition coefficient (Wildman–Crippen LogP) is 0.0856. The summed E-state index contributed by atoms with van der Waals surface area (Å²) in [5.74, 6) is -1.00. The summed E-state index contributed by atoms with van der Waals surface area (Å²) in [4.78, 5) is 12.9. The summed E-state index contributed by atoms with van der Waals surface area (Å²) in [5.41, 5.74) is 5.20. The molecule has 0 saturated carbocycles. The molecule has 6 nitrogen and oxygen atoms in total. The fourth-order valence-electron chi connectivity index (χ4n) is 2.15. The number of rotatable bonds is 3. The Morgan fingerprint density at radius 3 is 2.72 bits per heavy atom. The van der Waals surface area contributed by atoms with Crippen LogP contribution in [0.5, 0.6) is 11.5 Å². The number of carbonyl (C=O) groups is 1. The standard InChI is InChI=1S/C12H16N2O4/c13-12(11(17)18)3-4-14(7-12)6-8-1-2-9(15)5-10(8)16/h1-2,5,15-16H,3-4,6-7,13H2,(H,17,18). The van der Waals surface area contributed by atoms with E-state index >= 15 is 0 Å². The highest BCUT2D eigenvalue weighted by molar-refractivity contribution is 5.79. The molecular weight excluding hydrogens is 236 g/mol. The summed E-state index contributed by atoms with van der Waals surface area (Å²) in [5, 5.41) is 27.9. The second kappa shape index (κ2) is 4.47. The molecule has 0 aromatic heterocycles. The van der Waals surface area contributed by atoms with Crippen LogP contribution in [0.2, 0.25) is 0 Å². The Bertz CT molecular complexity index is 477. The first-order chi connectivity index (χ1) is 8.40. The van der Waals surface area contributed by atoms with Crippen molar-refractivity contribution in [2.45, 2.75) is 18.5 Å². The fraction of sp³-hybridized carbons (Fsp3) is 0.417. The van der Waals surface area contributed by atoms with Crippen molar-refractivity contribution < 1.29 is 20.1 Å². The quantitative estimate of drug-likeness (QED) is 0.607. The minimum absolute atomic E-state index is 0.000142. The number of aliphatic carboxylic acids is 1. The van der Waals surface area contributed by atoms with Crippen LogP contribution in [0.15, 0.2) is 18.2 Å². The molecule has 1 aromatic carbocycles. The van der Waals surface area contributed by atoms with Gasteiger partial charge in [0, 0.05) is 31.3 Å². The van der Waals surface area contributed by atoms with Gasteiger partial charge in [-0.2, -0.15) is 0 Å². The Labute approximate surface area is 104 Å². The number of carboxylic acids is 1. The molecule has 1 aliphatic heterocycles. The van der Waals surface area contributed by atoms with E-state index in [9.17, 15) is 15.0 Å². The van der Waals surface area contributed by atoms with Gasteiger partial charge < -0.3 is 21.1 Å². The van der Waals surface area contributed by atoms with Gasteiger partial charge >= 0.3 is 5.97 Å². The van der Waals surface area contributed by atoms with Crippen molar-refractivity contribution in [1.82, 2.24) is 4.90 Å². The normalized spacial score (nSPS) is 24.3. The number of carboxylic acid groups (broad SMARTS) is 1. The molecule has 1 aromatic rings. The Morgan fingerprint density at radius 1 is 1.44 bits per heavy atom. The number of nitrogens with two attached hydrogens (primary N) is 1. The molecule has 6 heteroatoms. The molecule has 1 fully saturated rings. The topological polar surface area (TPSA) is 107 Å². The van der Waals surface area contributed by atoms with Gasteiger partial charge in [0.15, 0.2) is 0 Å². The van der Waals surface area contributed by atoms with Crippen molar-refractivity contribution in [3.05, 3.63) is 23.8 Å². The maximum absolute atomic E-state index is 11.0. The van der Waals surface area contributed by atoms with E-state index in [1.165, 1.54) is 12.1 Å². The number of nitrogens with zero attached hydrogens (tertiary/aromatic N) is 1. The Morgan fingerprint density at radius 2 is 2.17 bits per heavy atom. The molecule has 0 aliphatic carbocycles. The Balaban J connectivity index is 2.06. The molecule has 0 spiro atoms. The first-order valence-electron chi connectivity index (χ1n) is 5.66. The van der Waals surface area contributed by atoms with Crippen LogP contribution in [-0.4, -0.2) is 44.8 Å². The highest BCUT2D eigenvalue weighted by atomic mass is 16.4. The lowest BCUT2D eigenvalue weighted by atomic mass is 10.0. The van der Waals surface area contributed by atoms with Crippen molar-refractivity contribution in [3.8, 4) is 11.5 Å². The van der Waals surface area contributed by atoms with E-state index in [1.807, 2.05) is 4.90 Å². The maximum atomic E-state index is 11.0. The molecule has 1 unspecified atom stereocenters. The van der Waals surface area contributed by atoms with Gasteiger partial charge in [-0.25, -0.2) is 0 Å². The van der Waals surface area contributed by atoms with Gasteiger partial charge in [-0.05, 0) is 12.5 Å². The van der Waals surface area contributed by atoms with Crippen molar-refractivity contribution >= 4 is 5.97 Å². The maximum Gasteiger partial charge on any atom is 0.325 e. The number of aromatic hydroxyl groups is 2. The zero-order chi connectivity index (χ0) is 13.3. The van der Waals surface area contributed by atoms with Gasteiger partial charge in [0.2, 0.25) is 0 Å². The SMILES string of the molecule is NC1(C(=O)O)CCN(Cc2ccc(O)cc2O)C1. The van der Waals surface area contributed by atoms with Crippen LogP contribution < -0.4 is 5.73 Å². The third kappa shape index (κ3) is 2.39. The average molecular weight is 252 g/mol. The summed E-state index contributed by atoms with van der Waals surface area (Å²) in [6.45, 7) is 1.24. The highest BCUT2D eigenvalue weighted by Gasteiger charge is 2.41. The van der Waals surface area contributed by atoms with E-state index in [0.717, 1.165) is 0 Å². The molecule has 1 heterocycles. The summed E-state index contributed by atoms with van der Waals surface area (Å²) in [7, 11) is 0. The first kappa shape index (κ1) is 12.7. The molecule has 0 amide bonds. The second-order valence-electron chi connectivity index (χ2n) is 4.73. The Hall–Kier alpha value is -1.79. The number of hydrogen-bond acceptors (Lipinski definition) is 5.